The average molecular weight is 305 g/mol. The number of benzene rings is 1. The Hall–Kier alpha value is -1.50. The molecule has 2 unspecified atom stereocenters. The van der Waals surface area contributed by atoms with Crippen molar-refractivity contribution in [3.8, 4) is 0 Å². The van der Waals surface area contributed by atoms with Crippen LogP contribution in [0.25, 0.3) is 10.8 Å². The molecule has 0 amide bonds. The maximum Gasteiger partial charge on any atom is 0.243 e. The molecule has 0 aliphatic carbocycles. The number of nitrogens with zero attached hydrogens (tertiary/aromatic N) is 2. The third-order valence-corrected chi connectivity index (χ3v) is 6.16. The number of aromatic nitrogens is 1. The molecule has 1 fully saturated rings. The summed E-state index contributed by atoms with van der Waals surface area (Å²) in [7, 11) is -3.52. The van der Waals surface area contributed by atoms with E-state index in [0.717, 1.165) is 11.8 Å². The van der Waals surface area contributed by atoms with Gasteiger partial charge in [0.25, 0.3) is 0 Å². The molecule has 1 aromatic carbocycles. The van der Waals surface area contributed by atoms with Crippen LogP contribution in [0.3, 0.4) is 0 Å². The lowest BCUT2D eigenvalue weighted by molar-refractivity contribution is 0.253. The SMILES string of the molecule is CC1CCN(S(=O)(=O)c2cccc3cnccc23)CC1N. The molecule has 1 aliphatic heterocycles. The molecule has 2 aromatic rings. The summed E-state index contributed by atoms with van der Waals surface area (Å²) in [6, 6.07) is 6.91. The third kappa shape index (κ3) is 2.54. The number of sulfonamides is 1. The minimum atomic E-state index is -3.52. The van der Waals surface area contributed by atoms with Gasteiger partial charge in [-0.1, -0.05) is 19.1 Å². The molecular weight excluding hydrogens is 286 g/mol. The van der Waals surface area contributed by atoms with Crippen LogP contribution in [0.4, 0.5) is 0 Å². The van der Waals surface area contributed by atoms with Crippen molar-refractivity contribution in [2.75, 3.05) is 13.1 Å². The zero-order chi connectivity index (χ0) is 15.0. The van der Waals surface area contributed by atoms with Crippen molar-refractivity contribution in [3.05, 3.63) is 36.7 Å². The Bertz CT molecular complexity index is 755. The molecule has 2 heterocycles. The topological polar surface area (TPSA) is 76.3 Å². The first-order valence-corrected chi connectivity index (χ1v) is 8.52. The lowest BCUT2D eigenvalue weighted by Crippen LogP contribution is -2.49. The summed E-state index contributed by atoms with van der Waals surface area (Å²) in [4.78, 5) is 4.38. The summed E-state index contributed by atoms with van der Waals surface area (Å²) >= 11 is 0. The van der Waals surface area contributed by atoms with Crippen LogP contribution >= 0.6 is 0 Å². The molecule has 1 aliphatic rings. The lowest BCUT2D eigenvalue weighted by Gasteiger charge is -2.34. The maximum atomic E-state index is 12.9. The number of pyridine rings is 1. The summed E-state index contributed by atoms with van der Waals surface area (Å²) < 4.78 is 27.3. The van der Waals surface area contributed by atoms with Gasteiger partial charge in [0.2, 0.25) is 10.0 Å². The molecule has 0 bridgehead atoms. The number of nitrogens with two attached hydrogens (primary N) is 1. The van der Waals surface area contributed by atoms with E-state index < -0.39 is 10.0 Å². The number of piperidine rings is 1. The van der Waals surface area contributed by atoms with Crippen molar-refractivity contribution in [2.24, 2.45) is 11.7 Å². The largest absolute Gasteiger partial charge is 0.326 e. The van der Waals surface area contributed by atoms with E-state index in [2.05, 4.69) is 11.9 Å². The molecule has 2 N–H and O–H groups in total. The van der Waals surface area contributed by atoms with Gasteiger partial charge in [-0.15, -0.1) is 0 Å². The predicted molar refractivity (Wildman–Crippen MR) is 82.3 cm³/mol. The van der Waals surface area contributed by atoms with Gasteiger partial charge in [-0.05, 0) is 24.5 Å². The van der Waals surface area contributed by atoms with Crippen LogP contribution < -0.4 is 5.73 Å². The van der Waals surface area contributed by atoms with Crippen LogP contribution in [0.1, 0.15) is 13.3 Å². The summed E-state index contributed by atoms with van der Waals surface area (Å²) in [6.45, 7) is 2.97. The predicted octanol–water partition coefficient (Wildman–Crippen LogP) is 1.59. The maximum absolute atomic E-state index is 12.9. The first-order chi connectivity index (χ1) is 10.00. The summed E-state index contributed by atoms with van der Waals surface area (Å²) in [5.74, 6) is 0.355. The third-order valence-electron chi connectivity index (χ3n) is 4.24. The zero-order valence-corrected chi connectivity index (χ0v) is 12.8. The molecule has 1 saturated heterocycles. The van der Waals surface area contributed by atoms with E-state index in [-0.39, 0.29) is 6.04 Å². The molecule has 0 spiro atoms. The van der Waals surface area contributed by atoms with Gasteiger partial charge < -0.3 is 5.73 Å². The van der Waals surface area contributed by atoms with Crippen LogP contribution in [-0.4, -0.2) is 36.8 Å². The van der Waals surface area contributed by atoms with Crippen molar-refractivity contribution in [3.63, 3.8) is 0 Å². The van der Waals surface area contributed by atoms with E-state index in [9.17, 15) is 8.42 Å². The second-order valence-corrected chi connectivity index (χ2v) is 7.55. The monoisotopic (exact) mass is 305 g/mol. The standard InChI is InChI=1S/C15H19N3O2S/c1-11-6-8-18(10-14(11)16)21(19,20)15-4-2-3-12-9-17-7-5-13(12)15/h2-5,7,9,11,14H,6,8,10,16H2,1H3. The van der Waals surface area contributed by atoms with Crippen LogP contribution in [-0.2, 0) is 10.0 Å². The highest BCUT2D eigenvalue weighted by molar-refractivity contribution is 7.89. The number of rotatable bonds is 2. The van der Waals surface area contributed by atoms with Gasteiger partial charge in [0.05, 0.1) is 4.90 Å². The van der Waals surface area contributed by atoms with Crippen LogP contribution in [0.15, 0.2) is 41.6 Å². The fourth-order valence-electron chi connectivity index (χ4n) is 2.74. The van der Waals surface area contributed by atoms with E-state index >= 15 is 0 Å². The summed E-state index contributed by atoms with van der Waals surface area (Å²) in [6.07, 6.45) is 4.09. The zero-order valence-electron chi connectivity index (χ0n) is 11.9. The Labute approximate surface area is 124 Å². The highest BCUT2D eigenvalue weighted by Gasteiger charge is 2.32. The molecule has 0 radical (unpaired) electrons. The highest BCUT2D eigenvalue weighted by atomic mass is 32.2. The molecule has 2 atom stereocenters. The van der Waals surface area contributed by atoms with Crippen LogP contribution in [0, 0.1) is 5.92 Å². The minimum Gasteiger partial charge on any atom is -0.326 e. The molecule has 3 rings (SSSR count). The molecule has 1 aromatic heterocycles. The Morgan fingerprint density at radius 3 is 2.90 bits per heavy atom. The summed E-state index contributed by atoms with van der Waals surface area (Å²) in [5.41, 5.74) is 6.04. The fraction of sp³-hybridized carbons (Fsp3) is 0.400. The van der Waals surface area contributed by atoms with E-state index in [1.165, 1.54) is 4.31 Å². The first-order valence-electron chi connectivity index (χ1n) is 7.08. The van der Waals surface area contributed by atoms with Crippen molar-refractivity contribution in [1.82, 2.24) is 9.29 Å². The summed E-state index contributed by atoms with van der Waals surface area (Å²) in [5, 5.41) is 1.54. The van der Waals surface area contributed by atoms with Gasteiger partial charge in [0.15, 0.2) is 0 Å². The van der Waals surface area contributed by atoms with Crippen molar-refractivity contribution < 1.29 is 8.42 Å². The molecule has 21 heavy (non-hydrogen) atoms. The van der Waals surface area contributed by atoms with Crippen LogP contribution in [0.5, 0.6) is 0 Å². The van der Waals surface area contributed by atoms with Gasteiger partial charge in [0.1, 0.15) is 0 Å². The fourth-order valence-corrected chi connectivity index (χ4v) is 4.45. The Kier molecular flexibility index (Phi) is 3.69. The normalized spacial score (nSPS) is 24.3. The van der Waals surface area contributed by atoms with E-state index in [4.69, 9.17) is 5.73 Å². The quantitative estimate of drug-likeness (QED) is 0.914. The number of hydrogen-bond donors (Lipinski definition) is 1. The van der Waals surface area contributed by atoms with E-state index in [1.54, 1.807) is 30.6 Å². The van der Waals surface area contributed by atoms with Crippen LogP contribution in [0.2, 0.25) is 0 Å². The van der Waals surface area contributed by atoms with Gasteiger partial charge in [-0.3, -0.25) is 4.98 Å². The second-order valence-electron chi connectivity index (χ2n) is 5.65. The number of fused-ring (bicyclic) bond motifs is 1. The molecule has 6 heteroatoms. The lowest BCUT2D eigenvalue weighted by atomic mass is 9.96. The van der Waals surface area contributed by atoms with Gasteiger partial charge in [-0.2, -0.15) is 4.31 Å². The van der Waals surface area contributed by atoms with Gasteiger partial charge >= 0.3 is 0 Å². The van der Waals surface area contributed by atoms with E-state index in [1.807, 2.05) is 6.07 Å². The minimum absolute atomic E-state index is 0.106. The molecular formula is C15H19N3O2S. The van der Waals surface area contributed by atoms with Gasteiger partial charge in [0, 0.05) is 42.3 Å². The number of hydrogen-bond acceptors (Lipinski definition) is 4. The molecule has 5 nitrogen and oxygen atoms in total. The Balaban J connectivity index is 2.05. The van der Waals surface area contributed by atoms with Crippen molar-refractivity contribution >= 4 is 20.8 Å². The van der Waals surface area contributed by atoms with Crippen molar-refractivity contribution in [2.45, 2.75) is 24.3 Å². The van der Waals surface area contributed by atoms with Crippen molar-refractivity contribution in [1.29, 1.82) is 0 Å². The second kappa shape index (κ2) is 5.36. The Morgan fingerprint density at radius 2 is 2.14 bits per heavy atom. The smallest absolute Gasteiger partial charge is 0.243 e. The van der Waals surface area contributed by atoms with E-state index in [0.29, 0.717) is 29.3 Å². The Morgan fingerprint density at radius 1 is 1.33 bits per heavy atom. The first kappa shape index (κ1) is 14.4. The highest BCUT2D eigenvalue weighted by Crippen LogP contribution is 2.28. The average Bonchev–Trinajstić information content (AvgIpc) is 2.49. The molecule has 112 valence electrons. The van der Waals surface area contributed by atoms with Gasteiger partial charge in [-0.25, -0.2) is 8.42 Å². The molecule has 0 saturated carbocycles.